The first-order chi connectivity index (χ1) is 12.5. The van der Waals surface area contributed by atoms with Gasteiger partial charge in [-0.3, -0.25) is 4.79 Å². The molecule has 2 aromatic carbocycles. The summed E-state index contributed by atoms with van der Waals surface area (Å²) in [4.78, 5) is 12.1. The van der Waals surface area contributed by atoms with Crippen molar-refractivity contribution in [2.24, 2.45) is 0 Å². The second-order valence-electron chi connectivity index (χ2n) is 5.77. The fraction of sp³-hybridized carbons (Fsp3) is 0.105. The van der Waals surface area contributed by atoms with E-state index in [1.54, 1.807) is 6.07 Å². The fourth-order valence-electron chi connectivity index (χ4n) is 2.39. The topological polar surface area (TPSA) is 66.9 Å². The van der Waals surface area contributed by atoms with Gasteiger partial charge in [-0.1, -0.05) is 29.8 Å². The van der Waals surface area contributed by atoms with Crippen LogP contribution in [0.4, 0.5) is 26.1 Å². The molecule has 0 radical (unpaired) electrons. The molecule has 1 aromatic heterocycles. The number of amides is 1. The first kappa shape index (κ1) is 17.5. The number of hydrogen-bond acceptors (Lipinski definition) is 4. The Bertz CT molecular complexity index is 929. The van der Waals surface area contributed by atoms with Gasteiger partial charge in [-0.15, -0.1) is 10.2 Å². The molecule has 7 heteroatoms. The van der Waals surface area contributed by atoms with E-state index in [0.29, 0.717) is 0 Å². The smallest absolute Gasteiger partial charge is 0.229 e. The quantitative estimate of drug-likeness (QED) is 0.727. The Hall–Kier alpha value is -3.35. The van der Waals surface area contributed by atoms with Crippen molar-refractivity contribution in [1.29, 1.82) is 0 Å². The average molecular weight is 354 g/mol. The number of halogens is 2. The molecule has 0 saturated carbocycles. The summed E-state index contributed by atoms with van der Waals surface area (Å²) >= 11 is 0. The van der Waals surface area contributed by atoms with E-state index in [0.717, 1.165) is 23.3 Å². The van der Waals surface area contributed by atoms with Crippen molar-refractivity contribution in [1.82, 2.24) is 10.2 Å². The first-order valence-corrected chi connectivity index (χ1v) is 7.91. The number of hydrogen-bond donors (Lipinski definition) is 2. The molecule has 0 spiro atoms. The van der Waals surface area contributed by atoms with Crippen LogP contribution in [0, 0.1) is 18.6 Å². The predicted octanol–water partition coefficient (Wildman–Crippen LogP) is 3.99. The minimum atomic E-state index is -0.734. The molecular formula is C19H16F2N4O. The third kappa shape index (κ3) is 4.60. The Labute approximate surface area is 149 Å². The molecule has 0 saturated heterocycles. The van der Waals surface area contributed by atoms with E-state index in [2.05, 4.69) is 20.8 Å². The van der Waals surface area contributed by atoms with Gasteiger partial charge in [0.05, 0.1) is 12.1 Å². The average Bonchev–Trinajstić information content (AvgIpc) is 2.59. The van der Waals surface area contributed by atoms with Crippen molar-refractivity contribution in [3.63, 3.8) is 0 Å². The predicted molar refractivity (Wildman–Crippen MR) is 95.2 cm³/mol. The van der Waals surface area contributed by atoms with Gasteiger partial charge in [-0.25, -0.2) is 8.78 Å². The normalized spacial score (nSPS) is 10.4. The van der Waals surface area contributed by atoms with Crippen molar-refractivity contribution >= 4 is 23.2 Å². The Morgan fingerprint density at radius 2 is 1.77 bits per heavy atom. The molecule has 5 nitrogen and oxygen atoms in total. The highest BCUT2D eigenvalue weighted by atomic mass is 19.1. The minimum Gasteiger partial charge on any atom is -0.336 e. The number of carbonyl (C=O) groups is 1. The standard InChI is InChI=1S/C19H16F2N4O/c1-12-3-2-4-13(9-12)10-19(26)23-18-8-7-17(24-25-18)22-16-6-5-14(20)11-15(16)21/h2-9,11H,10H2,1H3,(H,22,24)(H,23,25,26). The van der Waals surface area contributed by atoms with Crippen molar-refractivity contribution < 1.29 is 13.6 Å². The van der Waals surface area contributed by atoms with Crippen LogP contribution >= 0.6 is 0 Å². The summed E-state index contributed by atoms with van der Waals surface area (Å²) in [7, 11) is 0. The molecule has 1 heterocycles. The Kier molecular flexibility index (Phi) is 5.17. The summed E-state index contributed by atoms with van der Waals surface area (Å²) in [6, 6.07) is 13.9. The van der Waals surface area contributed by atoms with Gasteiger partial charge in [-0.2, -0.15) is 0 Å². The van der Waals surface area contributed by atoms with Gasteiger partial charge in [-0.05, 0) is 36.8 Å². The fourth-order valence-corrected chi connectivity index (χ4v) is 2.39. The van der Waals surface area contributed by atoms with Crippen molar-refractivity contribution in [3.05, 3.63) is 77.4 Å². The van der Waals surface area contributed by atoms with Gasteiger partial charge in [0.25, 0.3) is 0 Å². The lowest BCUT2D eigenvalue weighted by atomic mass is 10.1. The molecule has 0 atom stereocenters. The van der Waals surface area contributed by atoms with E-state index in [9.17, 15) is 13.6 Å². The Balaban J connectivity index is 1.61. The van der Waals surface area contributed by atoms with Crippen LogP contribution in [0.15, 0.2) is 54.6 Å². The number of nitrogens with one attached hydrogen (secondary N) is 2. The molecule has 1 amide bonds. The van der Waals surface area contributed by atoms with Crippen molar-refractivity contribution in [2.45, 2.75) is 13.3 Å². The summed E-state index contributed by atoms with van der Waals surface area (Å²) in [6.07, 6.45) is 0.226. The molecule has 132 valence electrons. The van der Waals surface area contributed by atoms with Gasteiger partial charge in [0.1, 0.15) is 11.6 Å². The van der Waals surface area contributed by atoms with E-state index in [4.69, 9.17) is 0 Å². The van der Waals surface area contributed by atoms with Crippen LogP contribution in [-0.2, 0) is 11.2 Å². The largest absolute Gasteiger partial charge is 0.336 e. The van der Waals surface area contributed by atoms with Crippen LogP contribution in [0.1, 0.15) is 11.1 Å². The number of benzene rings is 2. The summed E-state index contributed by atoms with van der Waals surface area (Å²) < 4.78 is 26.5. The number of rotatable bonds is 5. The van der Waals surface area contributed by atoms with E-state index in [1.165, 1.54) is 12.1 Å². The highest BCUT2D eigenvalue weighted by Gasteiger charge is 2.08. The molecule has 26 heavy (non-hydrogen) atoms. The highest BCUT2D eigenvalue weighted by Crippen LogP contribution is 2.19. The SMILES string of the molecule is Cc1cccc(CC(=O)Nc2ccc(Nc3ccc(F)cc3F)nn2)c1. The van der Waals surface area contributed by atoms with Crippen LogP contribution in [0.3, 0.4) is 0 Å². The van der Waals surface area contributed by atoms with Crippen molar-refractivity contribution in [3.8, 4) is 0 Å². The first-order valence-electron chi connectivity index (χ1n) is 7.91. The molecule has 0 aliphatic carbocycles. The van der Waals surface area contributed by atoms with Gasteiger partial charge in [0.2, 0.25) is 5.91 Å². The molecule has 3 aromatic rings. The second kappa shape index (κ2) is 7.69. The van der Waals surface area contributed by atoms with E-state index >= 15 is 0 Å². The summed E-state index contributed by atoms with van der Waals surface area (Å²) in [5, 5.41) is 13.1. The molecule has 0 bridgehead atoms. The molecule has 0 unspecified atom stereocenters. The van der Waals surface area contributed by atoms with Gasteiger partial charge >= 0.3 is 0 Å². The summed E-state index contributed by atoms with van der Waals surface area (Å²) in [6.45, 7) is 1.96. The number of aryl methyl sites for hydroxylation is 1. The van der Waals surface area contributed by atoms with Gasteiger partial charge < -0.3 is 10.6 Å². The molecule has 3 rings (SSSR count). The van der Waals surface area contributed by atoms with E-state index in [-0.39, 0.29) is 29.7 Å². The molecular weight excluding hydrogens is 338 g/mol. The summed E-state index contributed by atoms with van der Waals surface area (Å²) in [5.41, 5.74) is 2.07. The highest BCUT2D eigenvalue weighted by molar-refractivity contribution is 5.91. The molecule has 0 fully saturated rings. The maximum absolute atomic E-state index is 13.6. The lowest BCUT2D eigenvalue weighted by molar-refractivity contribution is -0.115. The lowest BCUT2D eigenvalue weighted by Crippen LogP contribution is -2.15. The minimum absolute atomic E-state index is 0.0805. The van der Waals surface area contributed by atoms with Gasteiger partial charge in [0.15, 0.2) is 11.6 Å². The maximum Gasteiger partial charge on any atom is 0.229 e. The zero-order valence-corrected chi connectivity index (χ0v) is 14.0. The maximum atomic E-state index is 13.6. The number of carbonyl (C=O) groups excluding carboxylic acids is 1. The van der Waals surface area contributed by atoms with Crippen molar-refractivity contribution in [2.75, 3.05) is 10.6 Å². The van der Waals surface area contributed by atoms with Crippen LogP contribution in [0.25, 0.3) is 0 Å². The van der Waals surface area contributed by atoms with Crippen LogP contribution < -0.4 is 10.6 Å². The van der Waals surface area contributed by atoms with Crippen LogP contribution in [0.5, 0.6) is 0 Å². The lowest BCUT2D eigenvalue weighted by Gasteiger charge is -2.08. The monoisotopic (exact) mass is 354 g/mol. The Morgan fingerprint density at radius 1 is 1.00 bits per heavy atom. The Morgan fingerprint density at radius 3 is 2.46 bits per heavy atom. The van der Waals surface area contributed by atoms with E-state index < -0.39 is 11.6 Å². The van der Waals surface area contributed by atoms with Gasteiger partial charge in [0, 0.05) is 6.07 Å². The van der Waals surface area contributed by atoms with Crippen LogP contribution in [0.2, 0.25) is 0 Å². The van der Waals surface area contributed by atoms with E-state index in [1.807, 2.05) is 31.2 Å². The molecule has 0 aliphatic rings. The summed E-state index contributed by atoms with van der Waals surface area (Å²) in [5.74, 6) is -1.05. The van der Waals surface area contributed by atoms with Crippen LogP contribution in [-0.4, -0.2) is 16.1 Å². The number of anilines is 3. The third-order valence-corrected chi connectivity index (χ3v) is 3.57. The second-order valence-corrected chi connectivity index (χ2v) is 5.77. The molecule has 2 N–H and O–H groups in total. The molecule has 0 aliphatic heterocycles. The number of nitrogens with zero attached hydrogens (tertiary/aromatic N) is 2. The number of aromatic nitrogens is 2. The zero-order valence-electron chi connectivity index (χ0n) is 14.0. The zero-order chi connectivity index (χ0) is 18.5. The third-order valence-electron chi connectivity index (χ3n) is 3.57.